The van der Waals surface area contributed by atoms with E-state index in [9.17, 15) is 9.59 Å². The molecule has 1 N–H and O–H groups in total. The van der Waals surface area contributed by atoms with Gasteiger partial charge in [-0.25, -0.2) is 4.98 Å². The number of hydrogen-bond donors (Lipinski definition) is 1. The van der Waals surface area contributed by atoms with Gasteiger partial charge in [0.2, 0.25) is 5.91 Å². The van der Waals surface area contributed by atoms with Crippen LogP contribution in [0.5, 0.6) is 5.75 Å². The van der Waals surface area contributed by atoms with Crippen molar-refractivity contribution in [2.24, 2.45) is 0 Å². The van der Waals surface area contributed by atoms with E-state index in [0.29, 0.717) is 38.2 Å². The quantitative estimate of drug-likeness (QED) is 0.317. The van der Waals surface area contributed by atoms with E-state index in [-0.39, 0.29) is 17.2 Å². The first kappa shape index (κ1) is 21.9. The van der Waals surface area contributed by atoms with E-state index >= 15 is 0 Å². The number of methoxy groups -OCH3 is 1. The number of anilines is 1. The summed E-state index contributed by atoms with van der Waals surface area (Å²) in [6, 6.07) is 19.7. The van der Waals surface area contributed by atoms with Crippen LogP contribution in [0.3, 0.4) is 0 Å². The number of aromatic nitrogens is 2. The molecule has 0 spiro atoms. The second-order valence-electron chi connectivity index (χ2n) is 7.04. The lowest BCUT2D eigenvalue weighted by Crippen LogP contribution is -2.23. The fraction of sp³-hybridized carbons (Fsp3) is 0.125. The SMILES string of the molecule is COc1ccc(C)cc1NC(=O)CSc1nc2ccccc2c(=O)n1-c1ccccc1Cl. The van der Waals surface area contributed by atoms with Gasteiger partial charge in [0.25, 0.3) is 5.56 Å². The molecule has 0 aliphatic rings. The zero-order chi connectivity index (χ0) is 22.7. The van der Waals surface area contributed by atoms with Crippen LogP contribution >= 0.6 is 23.4 Å². The number of nitrogens with zero attached hydrogens (tertiary/aromatic N) is 2. The molecule has 1 heterocycles. The van der Waals surface area contributed by atoms with Crippen molar-refractivity contribution in [3.8, 4) is 11.4 Å². The lowest BCUT2D eigenvalue weighted by atomic mass is 10.2. The number of carbonyl (C=O) groups excluding carboxylic acids is 1. The summed E-state index contributed by atoms with van der Waals surface area (Å²) >= 11 is 7.55. The molecule has 0 unspecified atom stereocenters. The zero-order valence-corrected chi connectivity index (χ0v) is 19.0. The smallest absolute Gasteiger partial charge is 0.266 e. The zero-order valence-electron chi connectivity index (χ0n) is 17.5. The monoisotopic (exact) mass is 465 g/mol. The first-order chi connectivity index (χ1) is 15.5. The molecule has 0 fully saturated rings. The molecule has 4 rings (SSSR count). The van der Waals surface area contributed by atoms with E-state index in [1.54, 1.807) is 55.6 Å². The van der Waals surface area contributed by atoms with Crippen LogP contribution in [-0.2, 0) is 4.79 Å². The third-order valence-corrected chi connectivity index (χ3v) is 6.06. The van der Waals surface area contributed by atoms with Crippen molar-refractivity contribution in [2.45, 2.75) is 12.1 Å². The summed E-state index contributed by atoms with van der Waals surface area (Å²) < 4.78 is 6.78. The summed E-state index contributed by atoms with van der Waals surface area (Å²) in [5.74, 6) is 0.379. The largest absolute Gasteiger partial charge is 0.495 e. The highest BCUT2D eigenvalue weighted by atomic mass is 35.5. The van der Waals surface area contributed by atoms with Gasteiger partial charge in [-0.3, -0.25) is 14.2 Å². The summed E-state index contributed by atoms with van der Waals surface area (Å²) in [5.41, 5.74) is 2.42. The normalized spacial score (nSPS) is 10.8. The number of hydrogen-bond acceptors (Lipinski definition) is 5. The third-order valence-electron chi connectivity index (χ3n) is 4.80. The summed E-state index contributed by atoms with van der Waals surface area (Å²) in [4.78, 5) is 30.6. The molecule has 0 radical (unpaired) electrons. The van der Waals surface area contributed by atoms with E-state index in [0.717, 1.165) is 17.3 Å². The van der Waals surface area contributed by atoms with Gasteiger partial charge in [-0.1, -0.05) is 53.7 Å². The summed E-state index contributed by atoms with van der Waals surface area (Å²) in [6.07, 6.45) is 0. The van der Waals surface area contributed by atoms with Gasteiger partial charge in [-0.2, -0.15) is 0 Å². The number of nitrogens with one attached hydrogen (secondary N) is 1. The topological polar surface area (TPSA) is 73.2 Å². The molecule has 0 bridgehead atoms. The number of rotatable bonds is 6. The molecule has 0 saturated heterocycles. The van der Waals surface area contributed by atoms with E-state index in [1.807, 2.05) is 25.1 Å². The van der Waals surface area contributed by atoms with Crippen LogP contribution in [0.4, 0.5) is 5.69 Å². The van der Waals surface area contributed by atoms with Gasteiger partial charge in [0.15, 0.2) is 5.16 Å². The predicted octanol–water partition coefficient (Wildman–Crippen LogP) is 5.09. The average Bonchev–Trinajstić information content (AvgIpc) is 2.79. The molecule has 162 valence electrons. The first-order valence-corrected chi connectivity index (χ1v) is 11.2. The Hall–Kier alpha value is -3.29. The molecule has 4 aromatic rings. The number of benzene rings is 3. The van der Waals surface area contributed by atoms with E-state index in [4.69, 9.17) is 16.3 Å². The molecule has 32 heavy (non-hydrogen) atoms. The lowest BCUT2D eigenvalue weighted by Gasteiger charge is -2.15. The van der Waals surface area contributed by atoms with E-state index in [2.05, 4.69) is 10.3 Å². The number of thioether (sulfide) groups is 1. The molecule has 0 aliphatic heterocycles. The van der Waals surface area contributed by atoms with E-state index < -0.39 is 0 Å². The molecular formula is C24H20ClN3O3S. The molecule has 0 saturated carbocycles. The molecule has 8 heteroatoms. The number of ether oxygens (including phenoxy) is 1. The van der Waals surface area contributed by atoms with Gasteiger partial charge in [0.1, 0.15) is 5.75 Å². The molecule has 6 nitrogen and oxygen atoms in total. The van der Waals surface area contributed by atoms with Crippen LogP contribution in [0.25, 0.3) is 16.6 Å². The number of fused-ring (bicyclic) bond motifs is 1. The van der Waals surface area contributed by atoms with Crippen LogP contribution in [0.2, 0.25) is 5.02 Å². The van der Waals surface area contributed by atoms with Crippen LogP contribution in [0, 0.1) is 6.92 Å². The molecule has 1 aromatic heterocycles. The molecule has 3 aromatic carbocycles. The van der Waals surface area contributed by atoms with Crippen molar-refractivity contribution in [1.29, 1.82) is 0 Å². The van der Waals surface area contributed by atoms with E-state index in [1.165, 1.54) is 4.57 Å². The van der Waals surface area contributed by atoms with Crippen molar-refractivity contribution < 1.29 is 9.53 Å². The summed E-state index contributed by atoms with van der Waals surface area (Å²) in [5, 5.41) is 4.15. The summed E-state index contributed by atoms with van der Waals surface area (Å²) in [7, 11) is 1.55. The van der Waals surface area contributed by atoms with Crippen molar-refractivity contribution in [1.82, 2.24) is 9.55 Å². The number of para-hydroxylation sites is 2. The number of aryl methyl sites for hydroxylation is 1. The van der Waals surface area contributed by atoms with Crippen LogP contribution < -0.4 is 15.6 Å². The average molecular weight is 466 g/mol. The Labute approximate surface area is 194 Å². The highest BCUT2D eigenvalue weighted by Crippen LogP contribution is 2.28. The van der Waals surface area contributed by atoms with Crippen molar-refractivity contribution in [2.75, 3.05) is 18.2 Å². The lowest BCUT2D eigenvalue weighted by molar-refractivity contribution is -0.113. The highest BCUT2D eigenvalue weighted by molar-refractivity contribution is 7.99. The Bertz CT molecular complexity index is 1370. The minimum absolute atomic E-state index is 0.0479. The second kappa shape index (κ2) is 9.46. The highest BCUT2D eigenvalue weighted by Gasteiger charge is 2.17. The second-order valence-corrected chi connectivity index (χ2v) is 8.39. The predicted molar refractivity (Wildman–Crippen MR) is 129 cm³/mol. The van der Waals surface area contributed by atoms with Gasteiger partial charge in [0, 0.05) is 0 Å². The van der Waals surface area contributed by atoms with Gasteiger partial charge in [-0.05, 0) is 48.9 Å². The number of amides is 1. The fourth-order valence-corrected chi connectivity index (χ4v) is 4.32. The van der Waals surface area contributed by atoms with Crippen LogP contribution in [0.15, 0.2) is 76.7 Å². The van der Waals surface area contributed by atoms with Crippen molar-refractivity contribution in [3.05, 3.63) is 87.7 Å². The Kier molecular flexibility index (Phi) is 6.48. The van der Waals surface area contributed by atoms with Gasteiger partial charge in [0.05, 0.1) is 40.2 Å². The number of carbonyl (C=O) groups is 1. The van der Waals surface area contributed by atoms with Crippen molar-refractivity contribution in [3.63, 3.8) is 0 Å². The Morgan fingerprint density at radius 2 is 1.88 bits per heavy atom. The van der Waals surface area contributed by atoms with Crippen LogP contribution in [-0.4, -0.2) is 28.3 Å². The molecular weight excluding hydrogens is 446 g/mol. The number of halogens is 1. The van der Waals surface area contributed by atoms with Gasteiger partial charge >= 0.3 is 0 Å². The van der Waals surface area contributed by atoms with Gasteiger partial charge in [-0.15, -0.1) is 0 Å². The minimum atomic E-state index is -0.244. The minimum Gasteiger partial charge on any atom is -0.495 e. The maximum Gasteiger partial charge on any atom is 0.266 e. The standard InChI is InChI=1S/C24H20ClN3O3S/c1-15-11-12-21(31-2)19(13-15)26-22(29)14-32-24-27-18-9-5-3-7-16(18)23(30)28(24)20-10-6-4-8-17(20)25/h3-13H,14H2,1-2H3,(H,26,29). The summed E-state index contributed by atoms with van der Waals surface area (Å²) in [6.45, 7) is 1.94. The molecule has 0 atom stereocenters. The van der Waals surface area contributed by atoms with Crippen LogP contribution in [0.1, 0.15) is 5.56 Å². The van der Waals surface area contributed by atoms with Crippen molar-refractivity contribution >= 4 is 45.9 Å². The van der Waals surface area contributed by atoms with Gasteiger partial charge < -0.3 is 10.1 Å². The third kappa shape index (κ3) is 4.49. The molecule has 1 amide bonds. The fourth-order valence-electron chi connectivity index (χ4n) is 3.29. The first-order valence-electron chi connectivity index (χ1n) is 9.82. The molecule has 0 aliphatic carbocycles. The maximum atomic E-state index is 13.3. The Morgan fingerprint density at radius 3 is 2.66 bits per heavy atom. The Balaban J connectivity index is 1.68. The Morgan fingerprint density at radius 1 is 1.12 bits per heavy atom. The maximum absolute atomic E-state index is 13.3.